The molecule has 0 aliphatic carbocycles. The summed E-state index contributed by atoms with van der Waals surface area (Å²) in [6.07, 6.45) is 2.68. The first kappa shape index (κ1) is 22.0. The molecule has 7 heteroatoms. The molecule has 0 fully saturated rings. The van der Waals surface area contributed by atoms with Crippen molar-refractivity contribution in [3.8, 4) is 11.3 Å². The lowest BCUT2D eigenvalue weighted by molar-refractivity contribution is 0.186. The van der Waals surface area contributed by atoms with Crippen molar-refractivity contribution < 1.29 is 9.18 Å². The highest BCUT2D eigenvalue weighted by Crippen LogP contribution is 2.24. The van der Waals surface area contributed by atoms with E-state index in [1.54, 1.807) is 23.5 Å². The average molecular weight is 451 g/mol. The Labute approximate surface area is 191 Å². The van der Waals surface area contributed by atoms with Crippen molar-refractivity contribution in [2.75, 3.05) is 6.54 Å². The van der Waals surface area contributed by atoms with Crippen molar-refractivity contribution in [3.63, 3.8) is 0 Å². The lowest BCUT2D eigenvalue weighted by Gasteiger charge is -2.28. The van der Waals surface area contributed by atoms with Crippen LogP contribution in [0.3, 0.4) is 0 Å². The van der Waals surface area contributed by atoms with E-state index < -0.39 is 0 Å². The van der Waals surface area contributed by atoms with Gasteiger partial charge in [0.1, 0.15) is 5.82 Å². The maximum absolute atomic E-state index is 13.3. The molecule has 1 N–H and O–H groups in total. The lowest BCUT2D eigenvalue weighted by Crippen LogP contribution is -2.48. The van der Waals surface area contributed by atoms with Gasteiger partial charge >= 0.3 is 6.03 Å². The van der Waals surface area contributed by atoms with Crippen LogP contribution in [0.5, 0.6) is 0 Å². The molecule has 2 amide bonds. The second-order valence-corrected chi connectivity index (χ2v) is 9.69. The fourth-order valence-electron chi connectivity index (χ4n) is 3.47. The van der Waals surface area contributed by atoms with Crippen LogP contribution in [0, 0.1) is 5.82 Å². The summed E-state index contributed by atoms with van der Waals surface area (Å²) in [5, 5.41) is 5.16. The Balaban J connectivity index is 1.52. The molecule has 4 rings (SSSR count). The number of amides is 2. The van der Waals surface area contributed by atoms with Crippen LogP contribution in [0.15, 0.2) is 66.2 Å². The molecule has 2 heterocycles. The smallest absolute Gasteiger partial charge is 0.318 e. The summed E-state index contributed by atoms with van der Waals surface area (Å²) in [7, 11) is 0. The number of thiazole rings is 1. The van der Waals surface area contributed by atoms with Crippen molar-refractivity contribution in [2.24, 2.45) is 0 Å². The number of carbonyl (C=O) groups excluding carboxylic acids is 1. The Kier molecular flexibility index (Phi) is 6.28. The van der Waals surface area contributed by atoms with Crippen LogP contribution in [0.4, 0.5) is 9.18 Å². The van der Waals surface area contributed by atoms with Gasteiger partial charge in [0, 0.05) is 47.9 Å². The predicted octanol–water partition coefficient (Wildman–Crippen LogP) is 5.75. The maximum atomic E-state index is 13.3. The molecule has 0 aliphatic heterocycles. The number of aromatic nitrogens is 2. The van der Waals surface area contributed by atoms with E-state index in [0.717, 1.165) is 27.5 Å². The Morgan fingerprint density at radius 2 is 1.84 bits per heavy atom. The SMILES string of the molecule is CC(C)(C)NC(=O)N(CCc1csc2nc(-c3ccc(F)cc3)cn12)Cc1ccccc1. The molecule has 2 aromatic heterocycles. The first-order valence-corrected chi connectivity index (χ1v) is 11.5. The van der Waals surface area contributed by atoms with Gasteiger partial charge in [-0.25, -0.2) is 14.2 Å². The minimum absolute atomic E-state index is 0.0783. The van der Waals surface area contributed by atoms with Gasteiger partial charge in [-0.2, -0.15) is 0 Å². The summed E-state index contributed by atoms with van der Waals surface area (Å²) < 4.78 is 15.3. The van der Waals surface area contributed by atoms with Gasteiger partial charge < -0.3 is 10.2 Å². The van der Waals surface area contributed by atoms with Gasteiger partial charge in [0.2, 0.25) is 0 Å². The molecule has 0 aliphatic rings. The number of halogens is 1. The summed E-state index contributed by atoms with van der Waals surface area (Å²) in [5.41, 5.74) is 3.56. The van der Waals surface area contributed by atoms with Gasteiger partial charge in [-0.05, 0) is 50.6 Å². The van der Waals surface area contributed by atoms with E-state index in [1.165, 1.54) is 12.1 Å². The Morgan fingerprint density at radius 1 is 1.12 bits per heavy atom. The highest BCUT2D eigenvalue weighted by atomic mass is 32.1. The first-order chi connectivity index (χ1) is 15.3. The van der Waals surface area contributed by atoms with Crippen LogP contribution in [-0.4, -0.2) is 32.4 Å². The van der Waals surface area contributed by atoms with E-state index in [9.17, 15) is 9.18 Å². The van der Waals surface area contributed by atoms with Crippen LogP contribution in [0.1, 0.15) is 32.0 Å². The molecule has 0 saturated carbocycles. The van der Waals surface area contributed by atoms with E-state index in [2.05, 4.69) is 20.1 Å². The van der Waals surface area contributed by atoms with Crippen LogP contribution in [0.2, 0.25) is 0 Å². The normalized spacial score (nSPS) is 11.6. The van der Waals surface area contributed by atoms with Gasteiger partial charge in [0.25, 0.3) is 0 Å². The molecule has 32 heavy (non-hydrogen) atoms. The molecule has 0 unspecified atom stereocenters. The molecule has 166 valence electrons. The number of nitrogens with one attached hydrogen (secondary N) is 1. The summed E-state index contributed by atoms with van der Waals surface area (Å²) in [6.45, 7) is 7.07. The largest absolute Gasteiger partial charge is 0.333 e. The number of urea groups is 1. The van der Waals surface area contributed by atoms with E-state index in [-0.39, 0.29) is 17.4 Å². The van der Waals surface area contributed by atoms with Crippen molar-refractivity contribution in [2.45, 2.75) is 39.3 Å². The summed E-state index contributed by atoms with van der Waals surface area (Å²) in [6, 6.07) is 16.3. The third kappa shape index (κ3) is 5.34. The van der Waals surface area contributed by atoms with Gasteiger partial charge in [0.15, 0.2) is 4.96 Å². The zero-order valence-corrected chi connectivity index (χ0v) is 19.3. The first-order valence-electron chi connectivity index (χ1n) is 10.6. The molecule has 0 spiro atoms. The fourth-order valence-corrected chi connectivity index (χ4v) is 4.38. The minimum Gasteiger partial charge on any atom is -0.333 e. The molecule has 0 atom stereocenters. The topological polar surface area (TPSA) is 49.6 Å². The minimum atomic E-state index is -0.309. The third-order valence-corrected chi connectivity index (χ3v) is 5.94. The van der Waals surface area contributed by atoms with Crippen molar-refractivity contribution in [1.29, 1.82) is 0 Å². The Hall–Kier alpha value is -3.19. The number of imidazole rings is 1. The molecule has 4 aromatic rings. The van der Waals surface area contributed by atoms with Crippen LogP contribution < -0.4 is 5.32 Å². The molecule has 2 aromatic carbocycles. The second-order valence-electron chi connectivity index (χ2n) is 8.85. The summed E-state index contributed by atoms with van der Waals surface area (Å²) >= 11 is 1.57. The van der Waals surface area contributed by atoms with Crippen LogP contribution in [0.25, 0.3) is 16.2 Å². The average Bonchev–Trinajstić information content (AvgIpc) is 3.32. The number of hydrogen-bond donors (Lipinski definition) is 1. The Bertz CT molecular complexity index is 1190. The van der Waals surface area contributed by atoms with Crippen molar-refractivity contribution >= 4 is 22.3 Å². The predicted molar refractivity (Wildman–Crippen MR) is 127 cm³/mol. The zero-order chi connectivity index (χ0) is 22.7. The fraction of sp³-hybridized carbons (Fsp3) is 0.280. The highest BCUT2D eigenvalue weighted by molar-refractivity contribution is 7.15. The quantitative estimate of drug-likeness (QED) is 0.406. The van der Waals surface area contributed by atoms with Gasteiger partial charge in [0.05, 0.1) is 5.69 Å². The number of hydrogen-bond acceptors (Lipinski definition) is 3. The molecule has 0 bridgehead atoms. The lowest BCUT2D eigenvalue weighted by atomic mass is 10.1. The van der Waals surface area contributed by atoms with E-state index in [4.69, 9.17) is 0 Å². The van der Waals surface area contributed by atoms with Crippen molar-refractivity contribution in [1.82, 2.24) is 19.6 Å². The molecule has 5 nitrogen and oxygen atoms in total. The maximum Gasteiger partial charge on any atom is 0.318 e. The number of nitrogens with zero attached hydrogens (tertiary/aromatic N) is 3. The summed E-state index contributed by atoms with van der Waals surface area (Å²) in [4.78, 5) is 20.4. The third-order valence-electron chi connectivity index (χ3n) is 5.05. The van der Waals surface area contributed by atoms with Crippen LogP contribution in [-0.2, 0) is 13.0 Å². The Morgan fingerprint density at radius 3 is 2.53 bits per heavy atom. The van der Waals surface area contributed by atoms with Crippen molar-refractivity contribution in [3.05, 3.63) is 83.2 Å². The number of fused-ring (bicyclic) bond motifs is 1. The monoisotopic (exact) mass is 450 g/mol. The van der Waals surface area contributed by atoms with Gasteiger partial charge in [-0.15, -0.1) is 11.3 Å². The second kappa shape index (κ2) is 9.12. The molecular weight excluding hydrogens is 423 g/mol. The standard InChI is InChI=1S/C25H27FN4OS/c1-25(2,3)28-23(31)29(15-18-7-5-4-6-8-18)14-13-21-17-32-24-27-22(16-30(21)24)19-9-11-20(26)12-10-19/h4-12,16-17H,13-15H2,1-3H3,(H,28,31). The molecular formula is C25H27FN4OS. The zero-order valence-electron chi connectivity index (χ0n) is 18.5. The molecule has 0 radical (unpaired) electrons. The van der Waals surface area contributed by atoms with Gasteiger partial charge in [-0.1, -0.05) is 30.3 Å². The summed E-state index contributed by atoms with van der Waals surface area (Å²) in [5.74, 6) is -0.262. The highest BCUT2D eigenvalue weighted by Gasteiger charge is 2.20. The van der Waals surface area contributed by atoms with E-state index in [0.29, 0.717) is 19.5 Å². The van der Waals surface area contributed by atoms with E-state index in [1.807, 2.05) is 62.2 Å². The van der Waals surface area contributed by atoms with E-state index >= 15 is 0 Å². The van der Waals surface area contributed by atoms with Crippen LogP contribution >= 0.6 is 11.3 Å². The number of benzene rings is 2. The number of rotatable bonds is 6. The molecule has 0 saturated heterocycles. The number of carbonyl (C=O) groups is 1. The van der Waals surface area contributed by atoms with Gasteiger partial charge in [-0.3, -0.25) is 4.40 Å².